The Hall–Kier alpha value is -2.48. The Bertz CT molecular complexity index is 734. The smallest absolute Gasteiger partial charge is 0.409 e. The molecule has 0 aromatic heterocycles. The summed E-state index contributed by atoms with van der Waals surface area (Å²) in [5.41, 5.74) is 0.922. The predicted molar refractivity (Wildman–Crippen MR) is 112 cm³/mol. The van der Waals surface area contributed by atoms with E-state index in [4.69, 9.17) is 25.8 Å². The lowest BCUT2D eigenvalue weighted by atomic mass is 10.1. The first kappa shape index (κ1) is 23.8. The molecule has 1 heterocycles. The zero-order valence-electron chi connectivity index (χ0n) is 17.4. The lowest BCUT2D eigenvalue weighted by Crippen LogP contribution is -2.47. The van der Waals surface area contributed by atoms with E-state index >= 15 is 0 Å². The summed E-state index contributed by atoms with van der Waals surface area (Å²) in [5, 5.41) is 3.51. The van der Waals surface area contributed by atoms with Crippen molar-refractivity contribution in [3.63, 3.8) is 0 Å². The van der Waals surface area contributed by atoms with Gasteiger partial charge < -0.3 is 24.4 Å². The molecule has 0 saturated carbocycles. The molecule has 166 valence electrons. The maximum Gasteiger partial charge on any atom is 0.409 e. The van der Waals surface area contributed by atoms with Gasteiger partial charge in [-0.25, -0.2) is 4.79 Å². The van der Waals surface area contributed by atoms with Crippen LogP contribution in [0.2, 0.25) is 5.02 Å². The van der Waals surface area contributed by atoms with E-state index in [1.54, 1.807) is 24.0 Å². The van der Waals surface area contributed by atoms with Gasteiger partial charge in [0.05, 0.1) is 13.2 Å². The number of esters is 1. The highest BCUT2D eigenvalue weighted by Gasteiger charge is 2.24. The largest absolute Gasteiger partial charge is 0.494 e. The number of ether oxygens (including phenoxy) is 3. The summed E-state index contributed by atoms with van der Waals surface area (Å²) in [7, 11) is 0. The normalized spacial score (nSPS) is 14.2. The van der Waals surface area contributed by atoms with Crippen molar-refractivity contribution in [2.45, 2.75) is 45.6 Å². The lowest BCUT2D eigenvalue weighted by molar-refractivity contribution is -0.149. The van der Waals surface area contributed by atoms with Gasteiger partial charge in [0.2, 0.25) is 0 Å². The average Bonchev–Trinajstić information content (AvgIpc) is 2.73. The van der Waals surface area contributed by atoms with Crippen LogP contribution in [0.3, 0.4) is 0 Å². The number of aryl methyl sites for hydroxylation is 1. The number of nitrogens with zero attached hydrogens (tertiary/aromatic N) is 1. The Morgan fingerprint density at radius 2 is 1.93 bits per heavy atom. The van der Waals surface area contributed by atoms with Gasteiger partial charge in [0.25, 0.3) is 5.91 Å². The molecular formula is C21H29ClN2O6. The number of nitrogens with one attached hydrogen (secondary N) is 1. The van der Waals surface area contributed by atoms with Crippen LogP contribution in [0.1, 0.15) is 38.2 Å². The minimum Gasteiger partial charge on any atom is -0.494 e. The fraction of sp³-hybridized carbons (Fsp3) is 0.571. The molecule has 9 heteroatoms. The summed E-state index contributed by atoms with van der Waals surface area (Å²) in [5.74, 6) is -0.0948. The molecule has 1 fully saturated rings. The Kier molecular flexibility index (Phi) is 9.73. The number of hydrogen-bond donors (Lipinski definition) is 1. The fourth-order valence-corrected chi connectivity index (χ4v) is 3.14. The molecule has 2 rings (SSSR count). The molecule has 1 aromatic carbocycles. The van der Waals surface area contributed by atoms with E-state index in [0.29, 0.717) is 56.3 Å². The van der Waals surface area contributed by atoms with E-state index in [9.17, 15) is 14.4 Å². The number of hydrogen-bond acceptors (Lipinski definition) is 6. The van der Waals surface area contributed by atoms with Gasteiger partial charge >= 0.3 is 12.1 Å². The van der Waals surface area contributed by atoms with Crippen molar-refractivity contribution in [3.8, 4) is 5.75 Å². The summed E-state index contributed by atoms with van der Waals surface area (Å²) in [4.78, 5) is 37.1. The van der Waals surface area contributed by atoms with Crippen molar-refractivity contribution in [1.29, 1.82) is 0 Å². The Labute approximate surface area is 181 Å². The molecule has 1 saturated heterocycles. The summed E-state index contributed by atoms with van der Waals surface area (Å²) in [6, 6.07) is 5.33. The minimum atomic E-state index is -0.446. The van der Waals surface area contributed by atoms with Crippen LogP contribution < -0.4 is 10.1 Å². The molecule has 0 spiro atoms. The van der Waals surface area contributed by atoms with Crippen LogP contribution in [0, 0.1) is 6.92 Å². The maximum atomic E-state index is 12.0. The number of carbonyl (C=O) groups is 3. The second-order valence-corrected chi connectivity index (χ2v) is 7.46. The number of rotatable bonds is 9. The summed E-state index contributed by atoms with van der Waals surface area (Å²) in [6.45, 7) is 5.10. The van der Waals surface area contributed by atoms with Crippen LogP contribution in [0.4, 0.5) is 4.79 Å². The number of amides is 2. The molecule has 0 atom stereocenters. The zero-order valence-corrected chi connectivity index (χ0v) is 18.2. The van der Waals surface area contributed by atoms with Crippen molar-refractivity contribution < 1.29 is 28.6 Å². The zero-order chi connectivity index (χ0) is 21.9. The monoisotopic (exact) mass is 440 g/mol. The van der Waals surface area contributed by atoms with Gasteiger partial charge in [-0.2, -0.15) is 0 Å². The Morgan fingerprint density at radius 1 is 1.20 bits per heavy atom. The summed E-state index contributed by atoms with van der Waals surface area (Å²) >= 11 is 5.97. The van der Waals surface area contributed by atoms with E-state index < -0.39 is 5.97 Å². The van der Waals surface area contributed by atoms with Gasteiger partial charge in [-0.1, -0.05) is 11.6 Å². The summed E-state index contributed by atoms with van der Waals surface area (Å²) in [6.07, 6.45) is 1.60. The van der Waals surface area contributed by atoms with Crippen LogP contribution in [0.25, 0.3) is 0 Å². The molecule has 0 unspecified atom stereocenters. The molecule has 1 N–H and O–H groups in total. The first-order chi connectivity index (χ1) is 14.4. The third-order valence-corrected chi connectivity index (χ3v) is 5.10. The fourth-order valence-electron chi connectivity index (χ4n) is 3.02. The van der Waals surface area contributed by atoms with E-state index in [2.05, 4.69) is 5.32 Å². The van der Waals surface area contributed by atoms with Crippen molar-refractivity contribution in [1.82, 2.24) is 10.2 Å². The Morgan fingerprint density at radius 3 is 2.60 bits per heavy atom. The number of benzene rings is 1. The molecule has 1 aliphatic rings. The van der Waals surface area contributed by atoms with Gasteiger partial charge in [0.15, 0.2) is 6.61 Å². The number of carbonyl (C=O) groups excluding carboxylic acids is 3. The van der Waals surface area contributed by atoms with E-state index in [-0.39, 0.29) is 31.1 Å². The highest BCUT2D eigenvalue weighted by molar-refractivity contribution is 6.31. The van der Waals surface area contributed by atoms with Crippen LogP contribution in [0.15, 0.2) is 18.2 Å². The van der Waals surface area contributed by atoms with Crippen LogP contribution in [-0.4, -0.2) is 61.8 Å². The average molecular weight is 441 g/mol. The van der Waals surface area contributed by atoms with Crippen LogP contribution in [0.5, 0.6) is 5.75 Å². The highest BCUT2D eigenvalue weighted by Crippen LogP contribution is 2.21. The van der Waals surface area contributed by atoms with E-state index in [0.717, 1.165) is 5.56 Å². The standard InChI is InChI=1S/C21H29ClN2O6/c1-3-28-21(27)24-10-8-16(9-11-24)23-19(25)14-30-20(26)5-4-12-29-17-6-7-18(22)15(2)13-17/h6-7,13,16H,3-5,8-12,14H2,1-2H3,(H,23,25). The molecule has 1 aliphatic heterocycles. The number of halogens is 1. The second kappa shape index (κ2) is 12.3. The SMILES string of the molecule is CCOC(=O)N1CCC(NC(=O)COC(=O)CCCOc2ccc(Cl)c(C)c2)CC1. The predicted octanol–water partition coefficient (Wildman–Crippen LogP) is 3.09. The number of piperidine rings is 1. The van der Waals surface area contributed by atoms with Gasteiger partial charge in [-0.15, -0.1) is 0 Å². The third-order valence-electron chi connectivity index (χ3n) is 4.67. The lowest BCUT2D eigenvalue weighted by Gasteiger charge is -2.31. The van der Waals surface area contributed by atoms with Crippen molar-refractivity contribution in [2.24, 2.45) is 0 Å². The first-order valence-electron chi connectivity index (χ1n) is 10.1. The molecule has 30 heavy (non-hydrogen) atoms. The molecule has 2 amide bonds. The van der Waals surface area contributed by atoms with Gasteiger partial charge in [-0.05, 0) is 56.9 Å². The van der Waals surface area contributed by atoms with Crippen LogP contribution in [-0.2, 0) is 19.1 Å². The van der Waals surface area contributed by atoms with Crippen molar-refractivity contribution in [3.05, 3.63) is 28.8 Å². The summed E-state index contributed by atoms with van der Waals surface area (Å²) < 4.78 is 15.6. The first-order valence-corrected chi connectivity index (χ1v) is 10.5. The third kappa shape index (κ3) is 8.10. The van der Waals surface area contributed by atoms with E-state index in [1.807, 2.05) is 13.0 Å². The second-order valence-electron chi connectivity index (χ2n) is 7.05. The molecule has 0 aliphatic carbocycles. The molecule has 8 nitrogen and oxygen atoms in total. The quantitative estimate of drug-likeness (QED) is 0.468. The minimum absolute atomic E-state index is 0.0434. The molecule has 0 bridgehead atoms. The maximum absolute atomic E-state index is 12.0. The Balaban J connectivity index is 1.56. The van der Waals surface area contributed by atoms with Gasteiger partial charge in [0, 0.05) is 30.6 Å². The topological polar surface area (TPSA) is 94.2 Å². The van der Waals surface area contributed by atoms with Crippen molar-refractivity contribution in [2.75, 3.05) is 32.9 Å². The van der Waals surface area contributed by atoms with Crippen LogP contribution >= 0.6 is 11.6 Å². The van der Waals surface area contributed by atoms with Crippen molar-refractivity contribution >= 4 is 29.6 Å². The highest BCUT2D eigenvalue weighted by atomic mass is 35.5. The number of likely N-dealkylation sites (tertiary alicyclic amines) is 1. The van der Waals surface area contributed by atoms with E-state index in [1.165, 1.54) is 0 Å². The molecule has 1 aromatic rings. The van der Waals surface area contributed by atoms with Gasteiger partial charge in [-0.3, -0.25) is 9.59 Å². The molecular weight excluding hydrogens is 412 g/mol. The molecule has 0 radical (unpaired) electrons. The van der Waals surface area contributed by atoms with Gasteiger partial charge in [0.1, 0.15) is 5.75 Å².